The summed E-state index contributed by atoms with van der Waals surface area (Å²) < 4.78 is 13.6. The van der Waals surface area contributed by atoms with E-state index in [1.807, 2.05) is 6.92 Å². The number of carbonyl (C=O) groups excluding carboxylic acids is 1. The van der Waals surface area contributed by atoms with Crippen molar-refractivity contribution >= 4 is 22.9 Å². The first-order chi connectivity index (χ1) is 16.5. The lowest BCUT2D eigenvalue weighted by molar-refractivity contribution is 0.103. The molecule has 9 nitrogen and oxygen atoms in total. The van der Waals surface area contributed by atoms with E-state index in [0.717, 1.165) is 15.9 Å². The Labute approximate surface area is 207 Å². The van der Waals surface area contributed by atoms with E-state index in [-0.39, 0.29) is 22.6 Å². The summed E-state index contributed by atoms with van der Waals surface area (Å²) in [4.78, 5) is 44.5. The summed E-state index contributed by atoms with van der Waals surface area (Å²) in [6.45, 7) is 9.34. The number of hydrogen-bond donors (Lipinski definition) is 1. The van der Waals surface area contributed by atoms with E-state index in [0.29, 0.717) is 65.2 Å². The maximum absolute atomic E-state index is 13.6. The Bertz CT molecular complexity index is 1410. The van der Waals surface area contributed by atoms with Gasteiger partial charge in [0.2, 0.25) is 5.78 Å². The molecule has 0 unspecified atom stereocenters. The van der Waals surface area contributed by atoms with Crippen molar-refractivity contribution in [2.24, 2.45) is 12.5 Å². The van der Waals surface area contributed by atoms with Crippen LogP contribution in [0.1, 0.15) is 55.0 Å². The Hall–Kier alpha value is -3.40. The number of carbonyl (C=O) groups is 1. The van der Waals surface area contributed by atoms with E-state index in [9.17, 15) is 14.4 Å². The third-order valence-electron chi connectivity index (χ3n) is 5.65. The van der Waals surface area contributed by atoms with Gasteiger partial charge in [-0.2, -0.15) is 0 Å². The van der Waals surface area contributed by atoms with Crippen LogP contribution in [0.2, 0.25) is 0 Å². The fraction of sp³-hybridized carbons (Fsp3) is 0.440. The van der Waals surface area contributed by atoms with Crippen LogP contribution in [0, 0.1) is 5.41 Å². The van der Waals surface area contributed by atoms with Crippen LogP contribution in [0.3, 0.4) is 0 Å². The van der Waals surface area contributed by atoms with Gasteiger partial charge < -0.3 is 15.2 Å². The zero-order valence-electron chi connectivity index (χ0n) is 20.6. The van der Waals surface area contributed by atoms with Gasteiger partial charge in [0, 0.05) is 19.2 Å². The lowest BCUT2D eigenvalue weighted by atomic mass is 9.89. The number of benzene rings is 1. The zero-order valence-corrected chi connectivity index (χ0v) is 21.5. The lowest BCUT2D eigenvalue weighted by Crippen LogP contribution is -2.40. The zero-order chi connectivity index (χ0) is 25.5. The molecule has 0 aliphatic carbocycles. The molecule has 35 heavy (non-hydrogen) atoms. The largest absolute Gasteiger partial charge is 0.486 e. The SMILES string of the molecule is CCCn1c(N)c(-c2nc(CC(C)(C)C)c(C(=O)c3ccc4c(c3)OCCO4)s2)c(=O)n(C)c1=O. The molecule has 0 saturated heterocycles. The van der Waals surface area contributed by atoms with Gasteiger partial charge in [0.1, 0.15) is 29.6 Å². The van der Waals surface area contributed by atoms with Crippen LogP contribution in [-0.2, 0) is 20.0 Å². The number of ketones is 1. The first-order valence-electron chi connectivity index (χ1n) is 11.6. The summed E-state index contributed by atoms with van der Waals surface area (Å²) in [6.07, 6.45) is 1.19. The summed E-state index contributed by atoms with van der Waals surface area (Å²) in [5, 5.41) is 0.327. The van der Waals surface area contributed by atoms with Crippen LogP contribution in [-0.4, -0.2) is 33.1 Å². The summed E-state index contributed by atoms with van der Waals surface area (Å²) >= 11 is 1.12. The number of hydrogen-bond acceptors (Lipinski definition) is 8. The molecule has 10 heteroatoms. The molecular formula is C25H30N4O5S. The minimum absolute atomic E-state index is 0.0642. The van der Waals surface area contributed by atoms with E-state index < -0.39 is 11.2 Å². The molecule has 0 spiro atoms. The van der Waals surface area contributed by atoms with Gasteiger partial charge in [-0.05, 0) is 36.5 Å². The van der Waals surface area contributed by atoms with Gasteiger partial charge in [-0.3, -0.25) is 18.7 Å². The number of anilines is 1. The molecule has 2 aromatic heterocycles. The average molecular weight is 499 g/mol. The predicted octanol–water partition coefficient (Wildman–Crippen LogP) is 3.25. The van der Waals surface area contributed by atoms with Crippen molar-refractivity contribution in [1.82, 2.24) is 14.1 Å². The number of nitrogens with zero attached hydrogens (tertiary/aromatic N) is 3. The van der Waals surface area contributed by atoms with Gasteiger partial charge >= 0.3 is 5.69 Å². The molecular weight excluding hydrogens is 468 g/mol. The second-order valence-electron chi connectivity index (χ2n) is 9.78. The maximum Gasteiger partial charge on any atom is 0.332 e. The topological polar surface area (TPSA) is 118 Å². The summed E-state index contributed by atoms with van der Waals surface area (Å²) in [5.41, 5.74) is 6.32. The number of nitrogen functional groups attached to an aromatic ring is 1. The Balaban J connectivity index is 1.88. The highest BCUT2D eigenvalue weighted by Crippen LogP contribution is 2.36. The molecule has 0 atom stereocenters. The van der Waals surface area contributed by atoms with Crippen LogP contribution in [0.25, 0.3) is 10.6 Å². The molecule has 4 rings (SSSR count). The molecule has 0 amide bonds. The fourth-order valence-electron chi connectivity index (χ4n) is 4.00. The third kappa shape index (κ3) is 4.75. The molecule has 0 radical (unpaired) electrons. The quantitative estimate of drug-likeness (QED) is 0.518. The number of thiazole rings is 1. The average Bonchev–Trinajstić information content (AvgIpc) is 3.21. The molecule has 3 heterocycles. The van der Waals surface area contributed by atoms with Gasteiger partial charge in [-0.1, -0.05) is 27.7 Å². The Kier molecular flexibility index (Phi) is 6.59. The van der Waals surface area contributed by atoms with E-state index in [1.165, 1.54) is 11.6 Å². The molecule has 0 bridgehead atoms. The normalized spacial score (nSPS) is 13.2. The van der Waals surface area contributed by atoms with Gasteiger partial charge in [-0.15, -0.1) is 11.3 Å². The number of fused-ring (bicyclic) bond motifs is 1. The molecule has 1 aliphatic rings. The second kappa shape index (κ2) is 9.33. The van der Waals surface area contributed by atoms with Gasteiger partial charge in [0.05, 0.1) is 10.6 Å². The third-order valence-corrected chi connectivity index (χ3v) is 6.76. The van der Waals surface area contributed by atoms with E-state index in [2.05, 4.69) is 20.8 Å². The van der Waals surface area contributed by atoms with Gasteiger partial charge in [-0.25, -0.2) is 9.78 Å². The molecule has 0 saturated carbocycles. The Morgan fingerprint density at radius 2 is 1.86 bits per heavy atom. The van der Waals surface area contributed by atoms with Crippen molar-refractivity contribution < 1.29 is 14.3 Å². The number of nitrogens with two attached hydrogens (primary N) is 1. The molecule has 1 aromatic carbocycles. The predicted molar refractivity (Wildman–Crippen MR) is 136 cm³/mol. The first kappa shape index (κ1) is 24.7. The van der Waals surface area contributed by atoms with Gasteiger partial charge in [0.15, 0.2) is 11.5 Å². The fourth-order valence-corrected chi connectivity index (χ4v) is 5.09. The van der Waals surface area contributed by atoms with Crippen LogP contribution in [0.15, 0.2) is 27.8 Å². The van der Waals surface area contributed by atoms with E-state index in [1.54, 1.807) is 18.2 Å². The highest BCUT2D eigenvalue weighted by Gasteiger charge is 2.28. The number of aromatic nitrogens is 3. The molecule has 2 N–H and O–H groups in total. The van der Waals surface area contributed by atoms with Crippen molar-refractivity contribution in [1.29, 1.82) is 0 Å². The Morgan fingerprint density at radius 1 is 1.17 bits per heavy atom. The Morgan fingerprint density at radius 3 is 2.51 bits per heavy atom. The summed E-state index contributed by atoms with van der Waals surface area (Å²) in [7, 11) is 1.42. The smallest absolute Gasteiger partial charge is 0.332 e. The van der Waals surface area contributed by atoms with Crippen molar-refractivity contribution in [3.8, 4) is 22.1 Å². The first-order valence-corrected chi connectivity index (χ1v) is 12.4. The van der Waals surface area contributed by atoms with E-state index >= 15 is 0 Å². The highest BCUT2D eigenvalue weighted by atomic mass is 32.1. The molecule has 3 aromatic rings. The summed E-state index contributed by atoms with van der Waals surface area (Å²) in [5.74, 6) is 0.965. The van der Waals surface area contributed by atoms with Crippen LogP contribution < -0.4 is 26.5 Å². The molecule has 0 fully saturated rings. The standard InChI is InChI=1S/C25H30N4O5S/c1-6-9-29-21(26)18(23(31)28(5)24(29)32)22-27-15(13-25(2,3)4)20(35-22)19(30)14-7-8-16-17(12-14)34-11-10-33-16/h7-8,12H,6,9-11,13,26H2,1-5H3. The van der Waals surface area contributed by atoms with Crippen molar-refractivity contribution in [2.45, 2.75) is 47.1 Å². The lowest BCUT2D eigenvalue weighted by Gasteiger charge is -2.19. The van der Waals surface area contributed by atoms with Gasteiger partial charge in [0.25, 0.3) is 5.56 Å². The second-order valence-corrected chi connectivity index (χ2v) is 10.8. The monoisotopic (exact) mass is 498 g/mol. The van der Waals surface area contributed by atoms with Crippen LogP contribution >= 0.6 is 11.3 Å². The van der Waals surface area contributed by atoms with E-state index in [4.69, 9.17) is 20.2 Å². The highest BCUT2D eigenvalue weighted by molar-refractivity contribution is 7.17. The summed E-state index contributed by atoms with van der Waals surface area (Å²) in [6, 6.07) is 5.10. The number of rotatable bonds is 6. The van der Waals surface area contributed by atoms with Crippen molar-refractivity contribution in [2.75, 3.05) is 18.9 Å². The minimum atomic E-state index is -0.533. The number of ether oxygens (including phenoxy) is 2. The van der Waals surface area contributed by atoms with Crippen molar-refractivity contribution in [3.63, 3.8) is 0 Å². The maximum atomic E-state index is 13.6. The van der Waals surface area contributed by atoms with Crippen LogP contribution in [0.4, 0.5) is 5.82 Å². The molecule has 186 valence electrons. The van der Waals surface area contributed by atoms with Crippen molar-refractivity contribution in [3.05, 3.63) is 55.2 Å². The molecule has 1 aliphatic heterocycles. The van der Waals surface area contributed by atoms with Crippen LogP contribution in [0.5, 0.6) is 11.5 Å². The minimum Gasteiger partial charge on any atom is -0.486 e.